The minimum atomic E-state index is -0.534. The Hall–Kier alpha value is -3.55. The van der Waals surface area contributed by atoms with Gasteiger partial charge < -0.3 is 9.57 Å². The van der Waals surface area contributed by atoms with Crippen LogP contribution in [0.5, 0.6) is 0 Å². The Morgan fingerprint density at radius 1 is 0.951 bits per heavy atom. The monoisotopic (exact) mass is 562 g/mol. The van der Waals surface area contributed by atoms with Crippen LogP contribution in [0.25, 0.3) is 11.1 Å². The maximum atomic E-state index is 13.0. The predicted molar refractivity (Wildman–Crippen MR) is 159 cm³/mol. The molecule has 1 saturated carbocycles. The number of nitro groups is 1. The second-order valence-corrected chi connectivity index (χ2v) is 11.8. The number of carbonyl (C=O) groups excluding carboxylic acids is 2. The lowest BCUT2D eigenvalue weighted by Crippen LogP contribution is -2.38. The number of esters is 1. The van der Waals surface area contributed by atoms with E-state index in [9.17, 15) is 19.7 Å². The second kappa shape index (κ2) is 12.5. The number of nitrogens with zero attached hydrogens (tertiary/aromatic N) is 2. The van der Waals surface area contributed by atoms with E-state index in [-0.39, 0.29) is 35.8 Å². The molecule has 0 aromatic heterocycles. The van der Waals surface area contributed by atoms with Crippen LogP contribution < -0.4 is 0 Å². The molecule has 0 aliphatic heterocycles. The molecular weight excluding hydrogens is 520 g/mol. The minimum absolute atomic E-state index is 0.0754. The summed E-state index contributed by atoms with van der Waals surface area (Å²) in [6, 6.07) is 11.1. The molecule has 8 nitrogen and oxygen atoms in total. The molecule has 4 rings (SSSR count). The van der Waals surface area contributed by atoms with Crippen molar-refractivity contribution in [2.75, 3.05) is 0 Å². The van der Waals surface area contributed by atoms with Crippen LogP contribution in [0, 0.1) is 16.0 Å². The first-order valence-corrected chi connectivity index (χ1v) is 15.0. The van der Waals surface area contributed by atoms with Gasteiger partial charge in [0, 0.05) is 30.4 Å². The van der Waals surface area contributed by atoms with Gasteiger partial charge in [-0.25, -0.2) is 4.79 Å². The Kier molecular flexibility index (Phi) is 9.30. The number of nitro benzene ring substituents is 1. The van der Waals surface area contributed by atoms with Gasteiger partial charge in [0.15, 0.2) is 0 Å². The van der Waals surface area contributed by atoms with Gasteiger partial charge in [0.25, 0.3) is 5.69 Å². The smallest absolute Gasteiger partial charge is 0.334 e. The van der Waals surface area contributed by atoms with Gasteiger partial charge in [-0.05, 0) is 85.4 Å². The number of hydrogen-bond acceptors (Lipinski definition) is 7. The number of benzene rings is 2. The third-order valence-electron chi connectivity index (χ3n) is 9.17. The molecule has 2 aromatic carbocycles. The van der Waals surface area contributed by atoms with Crippen molar-refractivity contribution < 1.29 is 24.1 Å². The van der Waals surface area contributed by atoms with Crippen molar-refractivity contribution in [1.29, 1.82) is 0 Å². The van der Waals surface area contributed by atoms with Gasteiger partial charge in [0.1, 0.15) is 5.60 Å². The van der Waals surface area contributed by atoms with E-state index >= 15 is 0 Å². The van der Waals surface area contributed by atoms with Crippen molar-refractivity contribution in [3.63, 3.8) is 0 Å². The van der Waals surface area contributed by atoms with Gasteiger partial charge in [-0.15, -0.1) is 0 Å². The highest BCUT2D eigenvalue weighted by Crippen LogP contribution is 2.53. The molecule has 8 heteroatoms. The molecule has 0 heterocycles. The average Bonchev–Trinajstić information content (AvgIpc) is 3.25. The topological polar surface area (TPSA) is 108 Å². The lowest BCUT2D eigenvalue weighted by atomic mass is 9.73. The van der Waals surface area contributed by atoms with E-state index in [4.69, 9.17) is 9.57 Å². The number of fused-ring (bicyclic) bond motifs is 3. The van der Waals surface area contributed by atoms with Gasteiger partial charge in [-0.2, -0.15) is 0 Å². The molecule has 2 aromatic rings. The number of ether oxygens (including phenoxy) is 1. The summed E-state index contributed by atoms with van der Waals surface area (Å²) in [6.07, 6.45) is 7.75. The van der Waals surface area contributed by atoms with Crippen LogP contribution in [0.3, 0.4) is 0 Å². The first-order valence-electron chi connectivity index (χ1n) is 15.0. The van der Waals surface area contributed by atoms with Crippen LogP contribution >= 0.6 is 0 Å². The SMILES string of the molecule is CCC(=O)ON=C(CCC(=O)OC(C)(C)C1CCCCC1)c1ccc2c(c1)C(CC)(CC)c1cc([N+](=O)[O-])ccc1-2. The highest BCUT2D eigenvalue weighted by atomic mass is 16.7. The van der Waals surface area contributed by atoms with Crippen molar-refractivity contribution in [3.05, 3.63) is 63.2 Å². The molecule has 2 aliphatic carbocycles. The number of non-ortho nitro benzene ring substituents is 1. The van der Waals surface area contributed by atoms with E-state index in [1.165, 1.54) is 6.42 Å². The van der Waals surface area contributed by atoms with Crippen LogP contribution in [0.2, 0.25) is 0 Å². The third-order valence-corrected chi connectivity index (χ3v) is 9.17. The summed E-state index contributed by atoms with van der Waals surface area (Å²) in [5.41, 5.74) is 4.41. The molecule has 41 heavy (non-hydrogen) atoms. The molecular formula is C33H42N2O6. The molecule has 1 fully saturated rings. The highest BCUT2D eigenvalue weighted by molar-refractivity contribution is 6.03. The van der Waals surface area contributed by atoms with Crippen LogP contribution in [0.4, 0.5) is 5.69 Å². The Labute approximate surface area is 242 Å². The predicted octanol–water partition coefficient (Wildman–Crippen LogP) is 8.02. The van der Waals surface area contributed by atoms with E-state index in [2.05, 4.69) is 19.0 Å². The van der Waals surface area contributed by atoms with Crippen LogP contribution in [0.1, 0.15) is 116 Å². The fraction of sp³-hybridized carbons (Fsp3) is 0.545. The number of oxime groups is 1. The zero-order valence-corrected chi connectivity index (χ0v) is 25.0. The maximum absolute atomic E-state index is 13.0. The summed E-state index contributed by atoms with van der Waals surface area (Å²) in [6.45, 7) is 9.88. The minimum Gasteiger partial charge on any atom is -0.459 e. The molecule has 220 valence electrons. The van der Waals surface area contributed by atoms with E-state index in [1.807, 2.05) is 38.1 Å². The number of rotatable bonds is 11. The first-order chi connectivity index (χ1) is 19.6. The van der Waals surface area contributed by atoms with E-state index in [0.717, 1.165) is 66.3 Å². The lowest BCUT2D eigenvalue weighted by molar-refractivity contribution is -0.384. The summed E-state index contributed by atoms with van der Waals surface area (Å²) in [7, 11) is 0. The van der Waals surface area contributed by atoms with Crippen molar-refractivity contribution in [2.45, 2.75) is 110 Å². The van der Waals surface area contributed by atoms with Gasteiger partial charge in [0.05, 0.1) is 17.1 Å². The highest BCUT2D eigenvalue weighted by Gasteiger charge is 2.42. The van der Waals surface area contributed by atoms with Crippen LogP contribution in [0.15, 0.2) is 41.6 Å². The van der Waals surface area contributed by atoms with Crippen LogP contribution in [-0.4, -0.2) is 28.2 Å². The molecule has 0 unspecified atom stereocenters. The van der Waals surface area contributed by atoms with Crippen LogP contribution in [-0.2, 0) is 24.6 Å². The molecule has 0 saturated heterocycles. The van der Waals surface area contributed by atoms with E-state index in [1.54, 1.807) is 19.1 Å². The van der Waals surface area contributed by atoms with Crippen molar-refractivity contribution in [3.8, 4) is 11.1 Å². The van der Waals surface area contributed by atoms with Gasteiger partial charge in [-0.1, -0.05) is 57.3 Å². The molecule has 0 N–H and O–H groups in total. The molecule has 0 radical (unpaired) electrons. The zero-order chi connectivity index (χ0) is 29.8. The molecule has 0 spiro atoms. The Balaban J connectivity index is 1.63. The van der Waals surface area contributed by atoms with Gasteiger partial charge in [-0.3, -0.25) is 14.9 Å². The summed E-state index contributed by atoms with van der Waals surface area (Å²) in [4.78, 5) is 41.4. The summed E-state index contributed by atoms with van der Waals surface area (Å²) in [5, 5.41) is 15.8. The fourth-order valence-corrected chi connectivity index (χ4v) is 6.65. The Morgan fingerprint density at radius 2 is 1.59 bits per heavy atom. The third kappa shape index (κ3) is 6.21. The van der Waals surface area contributed by atoms with Gasteiger partial charge in [0.2, 0.25) is 0 Å². The van der Waals surface area contributed by atoms with Crippen molar-refractivity contribution >= 4 is 23.3 Å². The zero-order valence-electron chi connectivity index (χ0n) is 25.0. The maximum Gasteiger partial charge on any atom is 0.334 e. The number of hydrogen-bond donors (Lipinski definition) is 0. The molecule has 0 bridgehead atoms. The van der Waals surface area contributed by atoms with Crippen molar-refractivity contribution in [2.24, 2.45) is 11.1 Å². The van der Waals surface area contributed by atoms with Crippen molar-refractivity contribution in [1.82, 2.24) is 0 Å². The second-order valence-electron chi connectivity index (χ2n) is 11.8. The summed E-state index contributed by atoms with van der Waals surface area (Å²) >= 11 is 0. The largest absolute Gasteiger partial charge is 0.459 e. The summed E-state index contributed by atoms with van der Waals surface area (Å²) < 4.78 is 5.97. The van der Waals surface area contributed by atoms with E-state index < -0.39 is 17.0 Å². The van der Waals surface area contributed by atoms with E-state index in [0.29, 0.717) is 11.6 Å². The Bertz CT molecular complexity index is 1340. The fourth-order valence-electron chi connectivity index (χ4n) is 6.65. The normalized spacial score (nSPS) is 16.6. The number of carbonyl (C=O) groups is 2. The lowest BCUT2D eigenvalue weighted by Gasteiger charge is -2.36. The molecule has 2 aliphatic rings. The first kappa shape index (κ1) is 30.4. The standard InChI is InChI=1S/C33H42N2O6/c1-6-30(36)41-34-29(18-19-31(37)40-32(4,5)23-12-10-9-11-13-23)22-14-16-25-26-17-15-24(35(38)39)21-28(26)33(7-2,8-3)27(25)20-22/h14-17,20-21,23H,6-13,18-19H2,1-5H3. The summed E-state index contributed by atoms with van der Waals surface area (Å²) in [5.74, 6) is -0.405. The molecule has 0 amide bonds. The van der Waals surface area contributed by atoms with Gasteiger partial charge >= 0.3 is 11.9 Å². The molecule has 0 atom stereocenters. The average molecular weight is 563 g/mol. The Morgan fingerprint density at radius 3 is 2.20 bits per heavy atom. The quantitative estimate of drug-likeness (QED) is 0.0902.